The Morgan fingerprint density at radius 3 is 2.29 bits per heavy atom. The molecule has 4 aliphatic rings. The van der Waals surface area contributed by atoms with Crippen molar-refractivity contribution in [2.45, 2.75) is 55.8 Å². The minimum absolute atomic E-state index is 0.580. The highest BCUT2D eigenvalue weighted by Gasteiger charge is 2.53. The van der Waals surface area contributed by atoms with E-state index < -0.39 is 0 Å². The van der Waals surface area contributed by atoms with Gasteiger partial charge in [-0.25, -0.2) is 0 Å². The Labute approximate surface area is 135 Å². The van der Waals surface area contributed by atoms with Crippen molar-refractivity contribution in [3.63, 3.8) is 0 Å². The lowest BCUT2D eigenvalue weighted by atomic mass is 9.48. The van der Waals surface area contributed by atoms with Crippen LogP contribution in [0, 0.1) is 30.1 Å². The summed E-state index contributed by atoms with van der Waals surface area (Å²) >= 11 is 3.64. The molecular formula is C16H25N3S2. The van der Waals surface area contributed by atoms with Gasteiger partial charge in [0.2, 0.25) is 0 Å². The van der Waals surface area contributed by atoms with Crippen molar-refractivity contribution < 1.29 is 0 Å². The van der Waals surface area contributed by atoms with Gasteiger partial charge in [-0.1, -0.05) is 23.1 Å². The van der Waals surface area contributed by atoms with E-state index in [0.717, 1.165) is 32.9 Å². The molecule has 1 N–H and O–H groups in total. The molecule has 1 heterocycles. The zero-order valence-electron chi connectivity index (χ0n) is 13.0. The first-order chi connectivity index (χ1) is 10.2. The fraction of sp³-hybridized carbons (Fsp3) is 0.875. The van der Waals surface area contributed by atoms with Crippen molar-refractivity contribution in [2.75, 3.05) is 12.8 Å². The third-order valence-corrected chi connectivity index (χ3v) is 8.12. The number of hydrogen-bond donors (Lipinski definition) is 1. The summed E-state index contributed by atoms with van der Waals surface area (Å²) in [6, 6.07) is 0.639. The molecule has 4 aliphatic carbocycles. The van der Waals surface area contributed by atoms with Crippen LogP contribution in [-0.4, -0.2) is 29.0 Å². The van der Waals surface area contributed by atoms with Gasteiger partial charge in [0, 0.05) is 11.8 Å². The van der Waals surface area contributed by atoms with Gasteiger partial charge in [-0.05, 0) is 75.7 Å². The molecule has 3 nitrogen and oxygen atoms in total. The van der Waals surface area contributed by atoms with Gasteiger partial charge in [0.15, 0.2) is 4.34 Å². The smallest absolute Gasteiger partial charge is 0.174 e. The minimum atomic E-state index is 0.580. The van der Waals surface area contributed by atoms with Crippen molar-refractivity contribution in [3.05, 3.63) is 5.01 Å². The van der Waals surface area contributed by atoms with Gasteiger partial charge in [-0.15, -0.1) is 10.2 Å². The van der Waals surface area contributed by atoms with Crippen LogP contribution in [0.15, 0.2) is 4.34 Å². The summed E-state index contributed by atoms with van der Waals surface area (Å²) in [4.78, 5) is 0. The van der Waals surface area contributed by atoms with Gasteiger partial charge in [0.25, 0.3) is 0 Å². The molecule has 116 valence electrons. The van der Waals surface area contributed by atoms with Crippen molar-refractivity contribution in [3.8, 4) is 0 Å². The predicted octanol–water partition coefficient (Wildman–Crippen LogP) is 3.74. The molecule has 1 aromatic rings. The number of rotatable bonds is 5. The summed E-state index contributed by atoms with van der Waals surface area (Å²) in [7, 11) is 2.16. The van der Waals surface area contributed by atoms with E-state index in [4.69, 9.17) is 0 Å². The predicted molar refractivity (Wildman–Crippen MR) is 88.8 cm³/mol. The monoisotopic (exact) mass is 323 g/mol. The molecule has 1 unspecified atom stereocenters. The molecule has 0 aromatic carbocycles. The van der Waals surface area contributed by atoms with Gasteiger partial charge in [0.05, 0.1) is 0 Å². The summed E-state index contributed by atoms with van der Waals surface area (Å²) < 4.78 is 1.14. The van der Waals surface area contributed by atoms with Gasteiger partial charge < -0.3 is 5.32 Å². The van der Waals surface area contributed by atoms with Crippen LogP contribution in [0.4, 0.5) is 0 Å². The van der Waals surface area contributed by atoms with Crippen LogP contribution in [0.25, 0.3) is 0 Å². The molecule has 0 spiro atoms. The van der Waals surface area contributed by atoms with Crippen LogP contribution in [0.2, 0.25) is 0 Å². The standard InChI is InChI=1S/C16H25N3S2/c1-10-18-19-15(21-10)20-9-14(17-2)16-6-11-3-12(7-16)5-13(4-11)8-16/h11-14,17H,3-9H2,1-2H3. The number of aromatic nitrogens is 2. The van der Waals surface area contributed by atoms with Crippen LogP contribution >= 0.6 is 23.1 Å². The third kappa shape index (κ3) is 2.66. The normalized spacial score (nSPS) is 38.9. The highest BCUT2D eigenvalue weighted by molar-refractivity contribution is 8.01. The van der Waals surface area contributed by atoms with Crippen LogP contribution in [0.5, 0.6) is 0 Å². The SMILES string of the molecule is CNC(CSc1nnc(C)s1)C12CC3CC(CC(C3)C1)C2. The Hall–Kier alpha value is -0.130. The molecule has 0 saturated heterocycles. The first kappa shape index (κ1) is 14.5. The maximum atomic E-state index is 4.27. The fourth-order valence-electron chi connectivity index (χ4n) is 5.66. The number of thioether (sulfide) groups is 1. The van der Waals surface area contributed by atoms with E-state index in [1.165, 1.54) is 38.5 Å². The fourth-order valence-corrected chi connectivity index (χ4v) is 7.81. The summed E-state index contributed by atoms with van der Waals surface area (Å²) in [5, 5.41) is 13.2. The lowest BCUT2D eigenvalue weighted by Crippen LogP contribution is -2.56. The Morgan fingerprint density at radius 1 is 1.19 bits per heavy atom. The van der Waals surface area contributed by atoms with E-state index in [9.17, 15) is 0 Å². The number of nitrogens with one attached hydrogen (secondary N) is 1. The Kier molecular flexibility index (Phi) is 3.79. The van der Waals surface area contributed by atoms with E-state index in [0.29, 0.717) is 11.5 Å². The average molecular weight is 324 g/mol. The Bertz CT molecular complexity index is 478. The van der Waals surface area contributed by atoms with E-state index in [2.05, 4.69) is 22.6 Å². The summed E-state index contributed by atoms with van der Waals surface area (Å²) in [6.45, 7) is 2.04. The zero-order valence-corrected chi connectivity index (χ0v) is 14.6. The number of aryl methyl sites for hydroxylation is 1. The van der Waals surface area contributed by atoms with Crippen molar-refractivity contribution in [1.82, 2.24) is 15.5 Å². The molecule has 1 atom stereocenters. The van der Waals surface area contributed by atoms with Crippen molar-refractivity contribution >= 4 is 23.1 Å². The van der Waals surface area contributed by atoms with E-state index in [-0.39, 0.29) is 0 Å². The van der Waals surface area contributed by atoms with Crippen LogP contribution in [0.3, 0.4) is 0 Å². The van der Waals surface area contributed by atoms with Crippen LogP contribution in [0.1, 0.15) is 43.5 Å². The molecule has 21 heavy (non-hydrogen) atoms. The Morgan fingerprint density at radius 2 is 1.81 bits per heavy atom. The molecule has 1 aromatic heterocycles. The zero-order chi connectivity index (χ0) is 14.4. The third-order valence-electron chi connectivity index (χ3n) is 6.05. The van der Waals surface area contributed by atoms with Gasteiger partial charge in [-0.2, -0.15) is 0 Å². The van der Waals surface area contributed by atoms with Crippen LogP contribution in [-0.2, 0) is 0 Å². The van der Waals surface area contributed by atoms with Gasteiger partial charge in [-0.3, -0.25) is 0 Å². The van der Waals surface area contributed by atoms with E-state index in [1.54, 1.807) is 11.3 Å². The van der Waals surface area contributed by atoms with Crippen molar-refractivity contribution in [1.29, 1.82) is 0 Å². The lowest BCUT2D eigenvalue weighted by molar-refractivity contribution is -0.0682. The minimum Gasteiger partial charge on any atom is -0.316 e. The first-order valence-electron chi connectivity index (χ1n) is 8.27. The average Bonchev–Trinajstić information content (AvgIpc) is 2.83. The highest BCUT2D eigenvalue weighted by Crippen LogP contribution is 2.61. The van der Waals surface area contributed by atoms with E-state index in [1.807, 2.05) is 18.7 Å². The second-order valence-electron chi connectivity index (χ2n) is 7.52. The van der Waals surface area contributed by atoms with Gasteiger partial charge in [0.1, 0.15) is 5.01 Å². The summed E-state index contributed by atoms with van der Waals surface area (Å²) in [5.74, 6) is 4.24. The first-order valence-corrected chi connectivity index (χ1v) is 10.1. The molecule has 0 amide bonds. The number of nitrogens with zero attached hydrogens (tertiary/aromatic N) is 2. The van der Waals surface area contributed by atoms with Crippen LogP contribution < -0.4 is 5.32 Å². The highest BCUT2D eigenvalue weighted by atomic mass is 32.2. The second-order valence-corrected chi connectivity index (χ2v) is 9.97. The molecule has 5 rings (SSSR count). The molecule has 4 bridgehead atoms. The van der Waals surface area contributed by atoms with Crippen molar-refractivity contribution in [2.24, 2.45) is 23.2 Å². The summed E-state index contributed by atoms with van der Waals surface area (Å²) in [6.07, 6.45) is 9.00. The molecule has 4 fully saturated rings. The maximum Gasteiger partial charge on any atom is 0.174 e. The maximum absolute atomic E-state index is 4.27. The van der Waals surface area contributed by atoms with E-state index >= 15 is 0 Å². The summed E-state index contributed by atoms with van der Waals surface area (Å²) in [5.41, 5.74) is 0.580. The van der Waals surface area contributed by atoms with Gasteiger partial charge >= 0.3 is 0 Å². The molecular weight excluding hydrogens is 298 g/mol. The topological polar surface area (TPSA) is 37.8 Å². The lowest BCUT2D eigenvalue weighted by Gasteiger charge is -2.59. The quantitative estimate of drug-likeness (QED) is 0.838. The largest absolute Gasteiger partial charge is 0.316 e. The number of hydrogen-bond acceptors (Lipinski definition) is 5. The molecule has 0 aliphatic heterocycles. The molecule has 5 heteroatoms. The molecule has 4 saturated carbocycles. The molecule has 0 radical (unpaired) electrons. The second kappa shape index (κ2) is 5.50. The Balaban J connectivity index is 1.47.